The number of aryl methyl sites for hydroxylation is 3. The summed E-state index contributed by atoms with van der Waals surface area (Å²) in [6, 6.07) is 3.93. The molecule has 0 atom stereocenters. The van der Waals surface area contributed by atoms with Gasteiger partial charge in [-0.3, -0.25) is 0 Å². The Morgan fingerprint density at radius 2 is 1.50 bits per heavy atom. The summed E-state index contributed by atoms with van der Waals surface area (Å²) in [4.78, 5) is 11.5. The van der Waals surface area contributed by atoms with E-state index in [1.165, 1.54) is 16.7 Å². The molecule has 0 fully saturated rings. The molecule has 2 aromatic rings. The van der Waals surface area contributed by atoms with E-state index >= 15 is 0 Å². The fraction of sp³-hybridized carbons (Fsp3) is 0.312. The Morgan fingerprint density at radius 3 is 2.06 bits per heavy atom. The number of carboxylic acids is 1. The first-order valence-electron chi connectivity index (χ1n) is 6.09. The van der Waals surface area contributed by atoms with Gasteiger partial charge in [-0.05, 0) is 73.2 Å². The highest BCUT2D eigenvalue weighted by Gasteiger charge is 2.18. The summed E-state index contributed by atoms with van der Waals surface area (Å²) in [5.41, 5.74) is 5.95. The normalized spacial score (nSPS) is 10.9. The van der Waals surface area contributed by atoms with E-state index in [9.17, 15) is 9.90 Å². The van der Waals surface area contributed by atoms with E-state index in [2.05, 4.69) is 20.8 Å². The van der Waals surface area contributed by atoms with Gasteiger partial charge in [0.15, 0.2) is 0 Å². The summed E-state index contributed by atoms with van der Waals surface area (Å²) < 4.78 is 0. The van der Waals surface area contributed by atoms with Crippen molar-refractivity contribution < 1.29 is 9.90 Å². The molecule has 0 aliphatic heterocycles. The molecule has 0 radical (unpaired) electrons. The molecular weight excluding hydrogens is 224 g/mol. The van der Waals surface area contributed by atoms with Crippen molar-refractivity contribution in [1.82, 2.24) is 0 Å². The minimum absolute atomic E-state index is 0.441. The highest BCUT2D eigenvalue weighted by atomic mass is 16.4. The predicted octanol–water partition coefficient (Wildman–Crippen LogP) is 4.08. The van der Waals surface area contributed by atoms with Gasteiger partial charge in [-0.1, -0.05) is 12.1 Å². The Kier molecular flexibility index (Phi) is 2.89. The zero-order valence-corrected chi connectivity index (χ0v) is 11.5. The molecule has 0 heterocycles. The average Bonchev–Trinajstić information content (AvgIpc) is 2.30. The van der Waals surface area contributed by atoms with Crippen molar-refractivity contribution in [3.05, 3.63) is 45.5 Å². The van der Waals surface area contributed by atoms with Gasteiger partial charge in [0.25, 0.3) is 0 Å². The lowest BCUT2D eigenvalue weighted by Crippen LogP contribution is -2.05. The van der Waals surface area contributed by atoms with Crippen LogP contribution in [-0.2, 0) is 0 Å². The zero-order valence-electron chi connectivity index (χ0n) is 11.5. The SMILES string of the molecule is Cc1ccc2c(C(=O)O)c(C)c(C)c(C)c2c1C. The molecule has 94 valence electrons. The molecule has 2 rings (SSSR count). The van der Waals surface area contributed by atoms with Crippen LogP contribution in [-0.4, -0.2) is 11.1 Å². The van der Waals surface area contributed by atoms with Crippen molar-refractivity contribution in [2.75, 3.05) is 0 Å². The molecule has 0 aromatic heterocycles. The van der Waals surface area contributed by atoms with Crippen LogP contribution < -0.4 is 0 Å². The molecule has 18 heavy (non-hydrogen) atoms. The van der Waals surface area contributed by atoms with Crippen LogP contribution in [0.1, 0.15) is 38.2 Å². The number of carbonyl (C=O) groups is 1. The topological polar surface area (TPSA) is 37.3 Å². The van der Waals surface area contributed by atoms with E-state index in [-0.39, 0.29) is 0 Å². The molecule has 0 spiro atoms. The summed E-state index contributed by atoms with van der Waals surface area (Å²) in [5, 5.41) is 11.4. The van der Waals surface area contributed by atoms with Gasteiger partial charge >= 0.3 is 5.97 Å². The third-order valence-electron chi connectivity index (χ3n) is 4.09. The summed E-state index contributed by atoms with van der Waals surface area (Å²) >= 11 is 0. The predicted molar refractivity (Wildman–Crippen MR) is 74.6 cm³/mol. The fourth-order valence-corrected chi connectivity index (χ4v) is 2.64. The molecule has 0 saturated heterocycles. The number of hydrogen-bond donors (Lipinski definition) is 1. The number of rotatable bonds is 1. The van der Waals surface area contributed by atoms with Gasteiger partial charge in [-0.2, -0.15) is 0 Å². The van der Waals surface area contributed by atoms with E-state index in [0.717, 1.165) is 21.9 Å². The second kappa shape index (κ2) is 4.13. The molecule has 0 saturated carbocycles. The van der Waals surface area contributed by atoms with Crippen LogP contribution >= 0.6 is 0 Å². The van der Waals surface area contributed by atoms with Gasteiger partial charge in [-0.15, -0.1) is 0 Å². The third-order valence-corrected chi connectivity index (χ3v) is 4.09. The van der Waals surface area contributed by atoms with Gasteiger partial charge < -0.3 is 5.11 Å². The maximum absolute atomic E-state index is 11.5. The Bertz CT molecular complexity index is 667. The van der Waals surface area contributed by atoms with E-state index < -0.39 is 5.97 Å². The second-order valence-corrected chi connectivity index (χ2v) is 4.99. The van der Waals surface area contributed by atoms with Crippen LogP contribution in [0.15, 0.2) is 12.1 Å². The Balaban J connectivity index is 3.12. The van der Waals surface area contributed by atoms with Crippen molar-refractivity contribution in [2.24, 2.45) is 0 Å². The lowest BCUT2D eigenvalue weighted by atomic mass is 9.87. The average molecular weight is 242 g/mol. The van der Waals surface area contributed by atoms with Gasteiger partial charge in [0.05, 0.1) is 5.56 Å². The number of hydrogen-bond acceptors (Lipinski definition) is 1. The molecule has 0 aliphatic carbocycles. The largest absolute Gasteiger partial charge is 0.478 e. The van der Waals surface area contributed by atoms with Crippen LogP contribution in [0, 0.1) is 34.6 Å². The monoisotopic (exact) mass is 242 g/mol. The highest BCUT2D eigenvalue weighted by molar-refractivity contribution is 6.07. The smallest absolute Gasteiger partial charge is 0.336 e. The molecule has 0 aliphatic rings. The maximum atomic E-state index is 11.5. The van der Waals surface area contributed by atoms with E-state index in [1.54, 1.807) is 0 Å². The standard InChI is InChI=1S/C16H18O2/c1-8-6-7-13-14(9(8)2)11(4)10(3)12(5)15(13)16(17)18/h6-7H,1-5H3,(H,17,18). The quantitative estimate of drug-likeness (QED) is 0.818. The molecule has 2 nitrogen and oxygen atoms in total. The summed E-state index contributed by atoms with van der Waals surface area (Å²) in [6.45, 7) is 10.1. The second-order valence-electron chi connectivity index (χ2n) is 4.99. The van der Waals surface area contributed by atoms with Crippen molar-refractivity contribution in [3.8, 4) is 0 Å². The number of aromatic carboxylic acids is 1. The highest BCUT2D eigenvalue weighted by Crippen LogP contribution is 2.32. The van der Waals surface area contributed by atoms with Crippen molar-refractivity contribution in [2.45, 2.75) is 34.6 Å². The summed E-state index contributed by atoms with van der Waals surface area (Å²) in [7, 11) is 0. The Morgan fingerprint density at radius 1 is 0.889 bits per heavy atom. The van der Waals surface area contributed by atoms with Crippen LogP contribution in [0.25, 0.3) is 10.8 Å². The molecule has 2 heteroatoms. The van der Waals surface area contributed by atoms with Crippen LogP contribution in [0.4, 0.5) is 0 Å². The molecular formula is C16H18O2. The Hall–Kier alpha value is -1.83. The van der Waals surface area contributed by atoms with Crippen molar-refractivity contribution in [3.63, 3.8) is 0 Å². The summed E-state index contributed by atoms with van der Waals surface area (Å²) in [6.07, 6.45) is 0. The molecule has 1 N–H and O–H groups in total. The zero-order chi connectivity index (χ0) is 13.6. The molecule has 0 bridgehead atoms. The van der Waals surface area contributed by atoms with Crippen LogP contribution in [0.2, 0.25) is 0 Å². The van der Waals surface area contributed by atoms with Crippen LogP contribution in [0.3, 0.4) is 0 Å². The number of carboxylic acid groups (broad SMARTS) is 1. The number of fused-ring (bicyclic) bond motifs is 1. The van der Waals surface area contributed by atoms with Gasteiger partial charge in [0, 0.05) is 0 Å². The minimum Gasteiger partial charge on any atom is -0.478 e. The molecule has 0 unspecified atom stereocenters. The van der Waals surface area contributed by atoms with E-state index in [4.69, 9.17) is 0 Å². The molecule has 2 aromatic carbocycles. The lowest BCUT2D eigenvalue weighted by molar-refractivity contribution is 0.0698. The molecule has 0 amide bonds. The van der Waals surface area contributed by atoms with Gasteiger partial charge in [0.2, 0.25) is 0 Å². The minimum atomic E-state index is -0.844. The van der Waals surface area contributed by atoms with E-state index in [1.807, 2.05) is 26.0 Å². The first-order valence-corrected chi connectivity index (χ1v) is 6.09. The summed E-state index contributed by atoms with van der Waals surface area (Å²) in [5.74, 6) is -0.844. The Labute approximate surface area is 107 Å². The van der Waals surface area contributed by atoms with Gasteiger partial charge in [0.1, 0.15) is 0 Å². The first kappa shape index (κ1) is 12.6. The first-order chi connectivity index (χ1) is 8.36. The fourth-order valence-electron chi connectivity index (χ4n) is 2.64. The maximum Gasteiger partial charge on any atom is 0.336 e. The third kappa shape index (κ3) is 1.60. The van der Waals surface area contributed by atoms with E-state index in [0.29, 0.717) is 5.56 Å². The number of benzene rings is 2. The van der Waals surface area contributed by atoms with Crippen molar-refractivity contribution >= 4 is 16.7 Å². The van der Waals surface area contributed by atoms with Gasteiger partial charge in [-0.25, -0.2) is 4.79 Å². The lowest BCUT2D eigenvalue weighted by Gasteiger charge is -2.17. The van der Waals surface area contributed by atoms with Crippen molar-refractivity contribution in [1.29, 1.82) is 0 Å². The van der Waals surface area contributed by atoms with Crippen LogP contribution in [0.5, 0.6) is 0 Å².